The molecule has 1 aromatic carbocycles. The van der Waals surface area contributed by atoms with Gasteiger partial charge in [-0.15, -0.1) is 12.4 Å². The maximum Gasteiger partial charge on any atom is 0.251 e. The van der Waals surface area contributed by atoms with Gasteiger partial charge in [0.15, 0.2) is 0 Å². The van der Waals surface area contributed by atoms with E-state index in [0.29, 0.717) is 31.8 Å². The molecule has 0 unspecified atom stereocenters. The van der Waals surface area contributed by atoms with Crippen molar-refractivity contribution in [1.29, 1.82) is 0 Å². The van der Waals surface area contributed by atoms with Gasteiger partial charge in [0.1, 0.15) is 0 Å². The van der Waals surface area contributed by atoms with Crippen molar-refractivity contribution in [2.45, 2.75) is 0 Å². The van der Waals surface area contributed by atoms with E-state index in [0.717, 1.165) is 4.47 Å². The number of hydrogen-bond donors (Lipinski definition) is 3. The lowest BCUT2D eigenvalue weighted by atomic mass is 10.2. The predicted octanol–water partition coefficient (Wildman–Crippen LogP) is 0.953. The minimum atomic E-state index is -0.157. The molecule has 0 aliphatic rings. The van der Waals surface area contributed by atoms with Crippen LogP contribution in [0.3, 0.4) is 0 Å². The van der Waals surface area contributed by atoms with Crippen LogP contribution in [-0.2, 0) is 9.53 Å². The van der Waals surface area contributed by atoms with Crippen molar-refractivity contribution in [2.75, 3.05) is 39.9 Å². The van der Waals surface area contributed by atoms with Crippen LogP contribution in [0.2, 0.25) is 0 Å². The van der Waals surface area contributed by atoms with Crippen LogP contribution in [0.25, 0.3) is 0 Å². The molecule has 1 rings (SSSR count). The maximum atomic E-state index is 11.8. The van der Waals surface area contributed by atoms with Gasteiger partial charge in [0, 0.05) is 36.8 Å². The molecule has 8 heteroatoms. The van der Waals surface area contributed by atoms with E-state index in [1.54, 1.807) is 19.2 Å². The third kappa shape index (κ3) is 8.99. The second kappa shape index (κ2) is 12.4. The number of rotatable bonds is 9. The predicted molar refractivity (Wildman–Crippen MR) is 91.5 cm³/mol. The Labute approximate surface area is 144 Å². The number of ether oxygens (including phenoxy) is 1. The van der Waals surface area contributed by atoms with Gasteiger partial charge in [-0.25, -0.2) is 0 Å². The zero-order valence-corrected chi connectivity index (χ0v) is 14.8. The Balaban J connectivity index is 0.00000441. The fourth-order valence-corrected chi connectivity index (χ4v) is 1.78. The molecular formula is C14H21BrClN3O3. The van der Waals surface area contributed by atoms with E-state index in [9.17, 15) is 9.59 Å². The van der Waals surface area contributed by atoms with Crippen LogP contribution in [0, 0.1) is 0 Å². The molecule has 6 nitrogen and oxygen atoms in total. The van der Waals surface area contributed by atoms with Gasteiger partial charge in [0.25, 0.3) is 5.91 Å². The first-order valence-corrected chi connectivity index (χ1v) is 7.43. The number of hydrogen-bond acceptors (Lipinski definition) is 4. The van der Waals surface area contributed by atoms with Crippen LogP contribution in [0.1, 0.15) is 10.4 Å². The molecule has 0 aromatic heterocycles. The Hall–Kier alpha value is -1.15. The highest BCUT2D eigenvalue weighted by molar-refractivity contribution is 9.10. The minimum Gasteiger partial charge on any atom is -0.383 e. The second-order valence-corrected chi connectivity index (χ2v) is 5.20. The summed E-state index contributed by atoms with van der Waals surface area (Å²) in [5.74, 6) is -0.265. The molecule has 0 heterocycles. The Morgan fingerprint density at radius 2 is 1.73 bits per heavy atom. The number of amides is 2. The summed E-state index contributed by atoms with van der Waals surface area (Å²) in [5.41, 5.74) is 0.589. The standard InChI is InChI=1S/C14H20BrN3O3.ClH/c1-21-9-8-16-10-13(19)17-6-7-18-14(20)11-2-4-12(15)5-3-11;/h2-5,16H,6-10H2,1H3,(H,17,19)(H,18,20);1H. The monoisotopic (exact) mass is 393 g/mol. The van der Waals surface area contributed by atoms with Gasteiger partial charge < -0.3 is 20.7 Å². The molecule has 0 aliphatic carbocycles. The third-order valence-electron chi connectivity index (χ3n) is 2.61. The number of halogens is 2. The summed E-state index contributed by atoms with van der Waals surface area (Å²) in [5, 5.41) is 8.39. The Bertz CT molecular complexity index is 457. The van der Waals surface area contributed by atoms with Crippen molar-refractivity contribution in [3.05, 3.63) is 34.3 Å². The van der Waals surface area contributed by atoms with Gasteiger partial charge in [-0.2, -0.15) is 0 Å². The molecule has 22 heavy (non-hydrogen) atoms. The summed E-state index contributed by atoms with van der Waals surface area (Å²) in [6.07, 6.45) is 0. The van der Waals surface area contributed by atoms with E-state index in [1.165, 1.54) is 0 Å². The van der Waals surface area contributed by atoms with Gasteiger partial charge in [-0.3, -0.25) is 9.59 Å². The number of methoxy groups -OCH3 is 1. The number of nitrogens with one attached hydrogen (secondary N) is 3. The number of benzene rings is 1. The topological polar surface area (TPSA) is 79.5 Å². The average Bonchev–Trinajstić information content (AvgIpc) is 2.48. The van der Waals surface area contributed by atoms with Gasteiger partial charge in [0.2, 0.25) is 5.91 Å². The molecule has 3 N–H and O–H groups in total. The first kappa shape index (κ1) is 20.9. The molecule has 124 valence electrons. The molecule has 2 amide bonds. The van der Waals surface area contributed by atoms with E-state index in [4.69, 9.17) is 4.74 Å². The third-order valence-corrected chi connectivity index (χ3v) is 3.14. The van der Waals surface area contributed by atoms with Gasteiger partial charge >= 0.3 is 0 Å². The first-order chi connectivity index (χ1) is 10.1. The fourth-order valence-electron chi connectivity index (χ4n) is 1.52. The smallest absolute Gasteiger partial charge is 0.251 e. The molecule has 0 fully saturated rings. The van der Waals surface area contributed by atoms with Crippen LogP contribution < -0.4 is 16.0 Å². The molecule has 0 aliphatic heterocycles. The summed E-state index contributed by atoms with van der Waals surface area (Å²) in [7, 11) is 1.61. The largest absolute Gasteiger partial charge is 0.383 e. The molecule has 0 bridgehead atoms. The molecule has 0 atom stereocenters. The van der Waals surface area contributed by atoms with E-state index >= 15 is 0 Å². The summed E-state index contributed by atoms with van der Waals surface area (Å²) < 4.78 is 5.78. The maximum absolute atomic E-state index is 11.8. The van der Waals surface area contributed by atoms with Crippen molar-refractivity contribution in [3.8, 4) is 0 Å². The summed E-state index contributed by atoms with van der Waals surface area (Å²) in [6, 6.07) is 7.08. The van der Waals surface area contributed by atoms with Crippen LogP contribution >= 0.6 is 28.3 Å². The zero-order valence-electron chi connectivity index (χ0n) is 12.4. The Kier molecular flexibility index (Phi) is 11.8. The first-order valence-electron chi connectivity index (χ1n) is 6.63. The molecule has 0 radical (unpaired) electrons. The SMILES string of the molecule is COCCNCC(=O)NCCNC(=O)c1ccc(Br)cc1.Cl. The van der Waals surface area contributed by atoms with E-state index in [1.807, 2.05) is 12.1 Å². The highest BCUT2D eigenvalue weighted by atomic mass is 79.9. The van der Waals surface area contributed by atoms with Crippen molar-refractivity contribution in [1.82, 2.24) is 16.0 Å². The van der Waals surface area contributed by atoms with Gasteiger partial charge in [0.05, 0.1) is 13.2 Å². The highest BCUT2D eigenvalue weighted by Crippen LogP contribution is 2.10. The van der Waals surface area contributed by atoms with E-state index in [2.05, 4.69) is 31.9 Å². The summed E-state index contributed by atoms with van der Waals surface area (Å²) in [4.78, 5) is 23.2. The average molecular weight is 395 g/mol. The lowest BCUT2D eigenvalue weighted by molar-refractivity contribution is -0.120. The van der Waals surface area contributed by atoms with Crippen LogP contribution in [0.15, 0.2) is 28.7 Å². The fraction of sp³-hybridized carbons (Fsp3) is 0.429. The minimum absolute atomic E-state index is 0. The highest BCUT2D eigenvalue weighted by Gasteiger charge is 2.04. The van der Waals surface area contributed by atoms with Crippen molar-refractivity contribution in [3.63, 3.8) is 0 Å². The molecule has 0 saturated carbocycles. The number of carbonyl (C=O) groups is 2. The molecular weight excluding hydrogens is 374 g/mol. The van der Waals surface area contributed by atoms with E-state index < -0.39 is 0 Å². The van der Waals surface area contributed by atoms with E-state index in [-0.39, 0.29) is 30.8 Å². The number of carbonyl (C=O) groups excluding carboxylic acids is 2. The van der Waals surface area contributed by atoms with Crippen molar-refractivity contribution < 1.29 is 14.3 Å². The summed E-state index contributed by atoms with van der Waals surface area (Å²) in [6.45, 7) is 2.22. The van der Waals surface area contributed by atoms with Crippen molar-refractivity contribution in [2.24, 2.45) is 0 Å². The lowest BCUT2D eigenvalue weighted by Gasteiger charge is -2.08. The molecule has 0 saturated heterocycles. The van der Waals surface area contributed by atoms with Crippen LogP contribution in [0.5, 0.6) is 0 Å². The zero-order chi connectivity index (χ0) is 15.5. The molecule has 1 aromatic rings. The Morgan fingerprint density at radius 3 is 2.36 bits per heavy atom. The quantitative estimate of drug-likeness (QED) is 0.545. The normalized spacial score (nSPS) is 9.73. The summed E-state index contributed by atoms with van der Waals surface area (Å²) >= 11 is 3.31. The Morgan fingerprint density at radius 1 is 1.09 bits per heavy atom. The van der Waals surface area contributed by atoms with Gasteiger partial charge in [-0.1, -0.05) is 15.9 Å². The van der Waals surface area contributed by atoms with Crippen molar-refractivity contribution >= 4 is 40.2 Å². The lowest BCUT2D eigenvalue weighted by Crippen LogP contribution is -2.39. The van der Waals surface area contributed by atoms with Gasteiger partial charge in [-0.05, 0) is 24.3 Å². The second-order valence-electron chi connectivity index (χ2n) is 4.28. The van der Waals surface area contributed by atoms with Crippen LogP contribution in [0.4, 0.5) is 0 Å². The molecule has 0 spiro atoms. The van der Waals surface area contributed by atoms with Crippen LogP contribution in [-0.4, -0.2) is 51.7 Å².